The van der Waals surface area contributed by atoms with Crippen LogP contribution in [0.5, 0.6) is 0 Å². The topological polar surface area (TPSA) is 60.8 Å². The van der Waals surface area contributed by atoms with Gasteiger partial charge >= 0.3 is 7.60 Å². The summed E-state index contributed by atoms with van der Waals surface area (Å²) in [6, 6.07) is 0. The van der Waals surface area contributed by atoms with Crippen LogP contribution in [0.1, 0.15) is 6.92 Å². The first-order valence-electron chi connectivity index (χ1n) is 3.29. The van der Waals surface area contributed by atoms with Crippen molar-refractivity contribution in [2.45, 2.75) is 11.5 Å². The molecular formula is C5H12NO3PS. The molecule has 0 aromatic heterocycles. The van der Waals surface area contributed by atoms with E-state index in [9.17, 15) is 4.57 Å². The number of thioether (sulfide) groups is 1. The Morgan fingerprint density at radius 2 is 2.18 bits per heavy atom. The Hall–Kier alpha value is 0.460. The lowest BCUT2D eigenvalue weighted by Gasteiger charge is -2.31. The molecule has 0 bridgehead atoms. The fourth-order valence-corrected chi connectivity index (χ4v) is 3.55. The Balaban J connectivity index is 2.90. The van der Waals surface area contributed by atoms with Gasteiger partial charge < -0.3 is 9.79 Å². The summed E-state index contributed by atoms with van der Waals surface area (Å²) in [5.41, 5.74) is 0. The average Bonchev–Trinajstić information content (AvgIpc) is 2.12. The first-order valence-corrected chi connectivity index (χ1v) is 5.88. The third-order valence-corrected chi connectivity index (χ3v) is 5.82. The number of hydrogen-bond donors (Lipinski definition) is 2. The van der Waals surface area contributed by atoms with Gasteiger partial charge in [-0.2, -0.15) is 0 Å². The molecule has 1 unspecified atom stereocenters. The maximum atomic E-state index is 11.0. The largest absolute Gasteiger partial charge is 0.355 e. The minimum absolute atomic E-state index is 0.742. The van der Waals surface area contributed by atoms with Crippen molar-refractivity contribution in [3.8, 4) is 0 Å². The van der Waals surface area contributed by atoms with Crippen molar-refractivity contribution in [3.63, 3.8) is 0 Å². The van der Waals surface area contributed by atoms with Crippen molar-refractivity contribution < 1.29 is 14.4 Å². The molecule has 1 aliphatic heterocycles. The lowest BCUT2D eigenvalue weighted by atomic mass is 10.6. The van der Waals surface area contributed by atoms with Gasteiger partial charge in [0.25, 0.3) is 0 Å². The maximum Gasteiger partial charge on any atom is 0.355 e. The highest BCUT2D eigenvalue weighted by Crippen LogP contribution is 2.60. The zero-order valence-electron chi connectivity index (χ0n) is 6.52. The molecule has 0 saturated carbocycles. The Morgan fingerprint density at radius 1 is 1.64 bits per heavy atom. The van der Waals surface area contributed by atoms with Gasteiger partial charge in [0.15, 0.2) is 4.61 Å². The van der Waals surface area contributed by atoms with Gasteiger partial charge in [-0.1, -0.05) is 0 Å². The molecule has 0 radical (unpaired) electrons. The molecule has 4 nitrogen and oxygen atoms in total. The highest BCUT2D eigenvalue weighted by Gasteiger charge is 2.49. The maximum absolute atomic E-state index is 11.0. The zero-order valence-corrected chi connectivity index (χ0v) is 8.23. The molecule has 1 atom stereocenters. The molecule has 11 heavy (non-hydrogen) atoms. The van der Waals surface area contributed by atoms with E-state index in [1.54, 1.807) is 18.9 Å². The Kier molecular flexibility index (Phi) is 2.38. The van der Waals surface area contributed by atoms with E-state index in [-0.39, 0.29) is 0 Å². The summed E-state index contributed by atoms with van der Waals surface area (Å²) in [4.78, 5) is 19.7. The highest BCUT2D eigenvalue weighted by molar-refractivity contribution is 8.06. The first-order chi connectivity index (χ1) is 4.88. The van der Waals surface area contributed by atoms with Gasteiger partial charge in [-0.3, -0.25) is 9.46 Å². The second-order valence-electron chi connectivity index (χ2n) is 2.75. The fourth-order valence-electron chi connectivity index (χ4n) is 1.00. The van der Waals surface area contributed by atoms with Crippen LogP contribution in [0.25, 0.3) is 0 Å². The molecule has 0 aliphatic carbocycles. The molecule has 6 heteroatoms. The van der Waals surface area contributed by atoms with E-state index in [1.165, 1.54) is 11.8 Å². The van der Waals surface area contributed by atoms with Crippen molar-refractivity contribution >= 4 is 19.4 Å². The summed E-state index contributed by atoms with van der Waals surface area (Å²) < 4.78 is 10.0. The SMILES string of the molecule is CN1CCSC1(C)P(=O)(O)O. The van der Waals surface area contributed by atoms with Gasteiger partial charge in [0.1, 0.15) is 0 Å². The summed E-state index contributed by atoms with van der Waals surface area (Å²) in [5, 5.41) is 0. The molecule has 66 valence electrons. The van der Waals surface area contributed by atoms with Crippen molar-refractivity contribution in [1.82, 2.24) is 4.90 Å². The molecule has 2 N–H and O–H groups in total. The quantitative estimate of drug-likeness (QED) is 0.600. The zero-order chi connectivity index (χ0) is 8.70. The lowest BCUT2D eigenvalue weighted by molar-refractivity contribution is 0.262. The van der Waals surface area contributed by atoms with Gasteiger partial charge in [-0.25, -0.2) is 0 Å². The third kappa shape index (κ3) is 1.48. The molecule has 1 saturated heterocycles. The van der Waals surface area contributed by atoms with Crippen LogP contribution in [0, 0.1) is 0 Å². The summed E-state index contributed by atoms with van der Waals surface area (Å²) in [6.45, 7) is 2.33. The van der Waals surface area contributed by atoms with E-state index in [4.69, 9.17) is 9.79 Å². The predicted molar refractivity (Wildman–Crippen MR) is 45.5 cm³/mol. The molecule has 0 aromatic rings. The molecule has 0 amide bonds. The first kappa shape index (κ1) is 9.55. The number of rotatable bonds is 1. The molecule has 0 aromatic carbocycles. The van der Waals surface area contributed by atoms with Gasteiger partial charge in [0.05, 0.1) is 0 Å². The van der Waals surface area contributed by atoms with Crippen LogP contribution >= 0.6 is 19.4 Å². The van der Waals surface area contributed by atoms with E-state index in [1.807, 2.05) is 0 Å². The number of hydrogen-bond acceptors (Lipinski definition) is 3. The van der Waals surface area contributed by atoms with Crippen molar-refractivity contribution in [2.75, 3.05) is 19.3 Å². The Labute approximate surface area is 70.1 Å². The van der Waals surface area contributed by atoms with Gasteiger partial charge in [0.2, 0.25) is 0 Å². The second kappa shape index (κ2) is 2.75. The fraction of sp³-hybridized carbons (Fsp3) is 1.00. The molecule has 1 heterocycles. The van der Waals surface area contributed by atoms with Crippen molar-refractivity contribution in [1.29, 1.82) is 0 Å². The highest BCUT2D eigenvalue weighted by atomic mass is 32.2. The molecule has 0 spiro atoms. The summed E-state index contributed by atoms with van der Waals surface area (Å²) in [7, 11) is -2.26. The van der Waals surface area contributed by atoms with Crippen LogP contribution in [-0.2, 0) is 4.57 Å². The van der Waals surface area contributed by atoms with Crippen LogP contribution in [0.4, 0.5) is 0 Å². The lowest BCUT2D eigenvalue weighted by Crippen LogP contribution is -2.35. The van der Waals surface area contributed by atoms with Crippen LogP contribution in [0.15, 0.2) is 0 Å². The van der Waals surface area contributed by atoms with Crippen LogP contribution in [-0.4, -0.2) is 38.6 Å². The average molecular weight is 197 g/mol. The monoisotopic (exact) mass is 197 g/mol. The Morgan fingerprint density at radius 3 is 2.36 bits per heavy atom. The Bertz CT molecular complexity index is 206. The van der Waals surface area contributed by atoms with E-state index < -0.39 is 12.2 Å². The van der Waals surface area contributed by atoms with Crippen molar-refractivity contribution in [2.24, 2.45) is 0 Å². The van der Waals surface area contributed by atoms with E-state index in [0.717, 1.165) is 12.3 Å². The number of nitrogens with zero attached hydrogens (tertiary/aromatic N) is 1. The van der Waals surface area contributed by atoms with E-state index >= 15 is 0 Å². The smallest absolute Gasteiger partial charge is 0.323 e. The second-order valence-corrected chi connectivity index (χ2v) is 6.50. The molecular weight excluding hydrogens is 185 g/mol. The summed E-state index contributed by atoms with van der Waals surface area (Å²) in [6.07, 6.45) is 0. The van der Waals surface area contributed by atoms with Gasteiger partial charge in [-0.15, -0.1) is 11.8 Å². The van der Waals surface area contributed by atoms with Crippen LogP contribution in [0.2, 0.25) is 0 Å². The minimum atomic E-state index is -3.99. The molecule has 1 aliphatic rings. The van der Waals surface area contributed by atoms with E-state index in [2.05, 4.69) is 0 Å². The third-order valence-electron chi connectivity index (χ3n) is 2.05. The summed E-state index contributed by atoms with van der Waals surface area (Å²) >= 11 is 1.32. The van der Waals surface area contributed by atoms with Crippen LogP contribution in [0.3, 0.4) is 0 Å². The molecule has 1 fully saturated rings. The van der Waals surface area contributed by atoms with Crippen molar-refractivity contribution in [3.05, 3.63) is 0 Å². The standard InChI is InChI=1S/C5H12NO3PS/c1-5(10(7,8)9)6(2)3-4-11-5/h3-4H2,1-2H3,(H2,7,8,9). The van der Waals surface area contributed by atoms with Gasteiger partial charge in [0, 0.05) is 12.3 Å². The van der Waals surface area contributed by atoms with E-state index in [0.29, 0.717) is 0 Å². The predicted octanol–water partition coefficient (Wildman–Crippen LogP) is 0.516. The summed E-state index contributed by atoms with van der Waals surface area (Å²) in [5.74, 6) is 0.790. The van der Waals surface area contributed by atoms with Crippen LogP contribution < -0.4 is 0 Å². The minimum Gasteiger partial charge on any atom is -0.323 e. The van der Waals surface area contributed by atoms with Gasteiger partial charge in [-0.05, 0) is 14.0 Å². The normalized spacial score (nSPS) is 34.5. The molecule has 1 rings (SSSR count).